The van der Waals surface area contributed by atoms with Crippen LogP contribution in [0.25, 0.3) is 0 Å². The molecule has 0 saturated carbocycles. The maximum atomic E-state index is 12.7. The SMILES string of the molecule is NC(=O)c1ccc(Br)c(C(F)(F)F)c1C(F)(F)F. The summed E-state index contributed by atoms with van der Waals surface area (Å²) in [5.41, 5.74) is -0.625. The van der Waals surface area contributed by atoms with Gasteiger partial charge in [-0.3, -0.25) is 4.79 Å². The first kappa shape index (κ1) is 14.8. The summed E-state index contributed by atoms with van der Waals surface area (Å²) in [5, 5.41) is 0. The lowest BCUT2D eigenvalue weighted by Crippen LogP contribution is -2.24. The van der Waals surface area contributed by atoms with Crippen LogP contribution in [0.15, 0.2) is 16.6 Å². The van der Waals surface area contributed by atoms with E-state index in [1.54, 1.807) is 0 Å². The van der Waals surface area contributed by atoms with E-state index in [9.17, 15) is 31.1 Å². The van der Waals surface area contributed by atoms with Gasteiger partial charge < -0.3 is 5.73 Å². The van der Waals surface area contributed by atoms with Crippen LogP contribution in [-0.4, -0.2) is 5.91 Å². The Bertz CT molecular complexity index is 493. The summed E-state index contributed by atoms with van der Waals surface area (Å²) in [6, 6.07) is 1.28. The molecular weight excluding hydrogens is 332 g/mol. The first-order chi connectivity index (χ1) is 7.96. The highest BCUT2D eigenvalue weighted by Crippen LogP contribution is 2.45. The monoisotopic (exact) mass is 335 g/mol. The zero-order valence-corrected chi connectivity index (χ0v) is 9.87. The number of hydrogen-bond acceptors (Lipinski definition) is 1. The average Bonchev–Trinajstić information content (AvgIpc) is 2.13. The van der Waals surface area contributed by atoms with Crippen molar-refractivity contribution in [1.29, 1.82) is 0 Å². The number of nitrogens with two attached hydrogens (primary N) is 1. The van der Waals surface area contributed by atoms with Crippen molar-refractivity contribution in [3.8, 4) is 0 Å². The van der Waals surface area contributed by atoms with E-state index in [4.69, 9.17) is 0 Å². The van der Waals surface area contributed by atoms with E-state index in [1.807, 2.05) is 0 Å². The summed E-state index contributed by atoms with van der Waals surface area (Å²) in [6.07, 6.45) is -10.6. The highest BCUT2D eigenvalue weighted by molar-refractivity contribution is 9.10. The molecule has 1 aromatic carbocycles. The number of hydrogen-bond donors (Lipinski definition) is 1. The second kappa shape index (κ2) is 4.45. The highest BCUT2D eigenvalue weighted by atomic mass is 79.9. The quantitative estimate of drug-likeness (QED) is 0.783. The number of rotatable bonds is 1. The van der Waals surface area contributed by atoms with Gasteiger partial charge in [0, 0.05) is 4.47 Å². The summed E-state index contributed by atoms with van der Waals surface area (Å²) in [5.74, 6) is -1.58. The predicted molar refractivity (Wildman–Crippen MR) is 52.7 cm³/mol. The summed E-state index contributed by atoms with van der Waals surface area (Å²) >= 11 is 2.39. The summed E-state index contributed by atoms with van der Waals surface area (Å²) < 4.78 is 74.9. The van der Waals surface area contributed by atoms with Crippen molar-refractivity contribution >= 4 is 21.8 Å². The second-order valence-electron chi connectivity index (χ2n) is 3.20. The molecule has 9 heteroatoms. The minimum Gasteiger partial charge on any atom is -0.366 e. The van der Waals surface area contributed by atoms with Crippen molar-refractivity contribution in [2.24, 2.45) is 5.73 Å². The maximum absolute atomic E-state index is 12.7. The molecule has 0 bridgehead atoms. The molecule has 1 aromatic rings. The minimum atomic E-state index is -5.35. The van der Waals surface area contributed by atoms with Gasteiger partial charge in [-0.1, -0.05) is 15.9 Å². The third-order valence-electron chi connectivity index (χ3n) is 1.99. The van der Waals surface area contributed by atoms with E-state index in [-0.39, 0.29) is 0 Å². The lowest BCUT2D eigenvalue weighted by molar-refractivity contribution is -0.162. The first-order valence-electron chi connectivity index (χ1n) is 4.23. The van der Waals surface area contributed by atoms with Crippen molar-refractivity contribution in [2.45, 2.75) is 12.4 Å². The van der Waals surface area contributed by atoms with Gasteiger partial charge in [-0.15, -0.1) is 0 Å². The largest absolute Gasteiger partial charge is 0.418 e. The predicted octanol–water partition coefficient (Wildman–Crippen LogP) is 3.59. The van der Waals surface area contributed by atoms with E-state index < -0.39 is 39.4 Å². The average molecular weight is 336 g/mol. The molecule has 0 unspecified atom stereocenters. The summed E-state index contributed by atoms with van der Waals surface area (Å²) in [6.45, 7) is 0. The number of primary amides is 1. The van der Waals surface area contributed by atoms with Gasteiger partial charge >= 0.3 is 12.4 Å². The van der Waals surface area contributed by atoms with Crippen molar-refractivity contribution in [2.75, 3.05) is 0 Å². The van der Waals surface area contributed by atoms with Gasteiger partial charge in [0.1, 0.15) is 0 Å². The van der Waals surface area contributed by atoms with Crippen LogP contribution >= 0.6 is 15.9 Å². The Hall–Kier alpha value is -1.25. The van der Waals surface area contributed by atoms with Gasteiger partial charge in [0.2, 0.25) is 5.91 Å². The molecule has 1 amide bonds. The molecule has 100 valence electrons. The van der Waals surface area contributed by atoms with Crippen molar-refractivity contribution in [3.63, 3.8) is 0 Å². The van der Waals surface area contributed by atoms with Crippen molar-refractivity contribution in [1.82, 2.24) is 0 Å². The Balaban J connectivity index is 3.79. The maximum Gasteiger partial charge on any atom is 0.418 e. The Morgan fingerprint density at radius 1 is 1.00 bits per heavy atom. The Morgan fingerprint density at radius 3 is 1.78 bits per heavy atom. The molecule has 0 heterocycles. The Labute approximate surface area is 105 Å². The Kier molecular flexibility index (Phi) is 3.66. The van der Waals surface area contributed by atoms with E-state index in [0.29, 0.717) is 12.1 Å². The number of carbonyl (C=O) groups excluding carboxylic acids is 1. The van der Waals surface area contributed by atoms with Crippen LogP contribution in [0.4, 0.5) is 26.3 Å². The van der Waals surface area contributed by atoms with Gasteiger partial charge in [0.05, 0.1) is 16.7 Å². The molecule has 2 N–H and O–H groups in total. The standard InChI is InChI=1S/C9H4BrF6NO/c10-4-2-1-3(7(17)18)5(8(11,12)13)6(4)9(14,15)16/h1-2H,(H2,17,18). The normalized spacial score (nSPS) is 12.6. The summed E-state index contributed by atoms with van der Waals surface area (Å²) in [7, 11) is 0. The number of carbonyl (C=O) groups is 1. The van der Waals surface area contributed by atoms with Crippen LogP contribution in [0.3, 0.4) is 0 Å². The van der Waals surface area contributed by atoms with Crippen LogP contribution in [0.2, 0.25) is 0 Å². The van der Waals surface area contributed by atoms with Gasteiger partial charge in [-0.05, 0) is 12.1 Å². The third-order valence-corrected chi connectivity index (χ3v) is 2.65. The van der Waals surface area contributed by atoms with Crippen molar-refractivity contribution in [3.05, 3.63) is 33.3 Å². The lowest BCUT2D eigenvalue weighted by atomic mass is 9.99. The van der Waals surface area contributed by atoms with Gasteiger partial charge in [-0.25, -0.2) is 0 Å². The molecule has 18 heavy (non-hydrogen) atoms. The van der Waals surface area contributed by atoms with Crippen LogP contribution in [0.5, 0.6) is 0 Å². The van der Waals surface area contributed by atoms with Crippen LogP contribution in [0, 0.1) is 0 Å². The molecule has 2 nitrogen and oxygen atoms in total. The topological polar surface area (TPSA) is 43.1 Å². The van der Waals surface area contributed by atoms with Crippen LogP contribution < -0.4 is 5.73 Å². The molecule has 1 rings (SSSR count). The number of amides is 1. The van der Waals surface area contributed by atoms with E-state index in [2.05, 4.69) is 21.7 Å². The number of halogens is 7. The number of alkyl halides is 6. The molecule has 0 aliphatic carbocycles. The molecular formula is C9H4BrF6NO. The second-order valence-corrected chi connectivity index (χ2v) is 4.06. The fraction of sp³-hybridized carbons (Fsp3) is 0.222. The van der Waals surface area contributed by atoms with Gasteiger partial charge in [0.25, 0.3) is 0 Å². The fourth-order valence-corrected chi connectivity index (χ4v) is 1.91. The Morgan fingerprint density at radius 2 is 1.44 bits per heavy atom. The van der Waals surface area contributed by atoms with Gasteiger partial charge in [-0.2, -0.15) is 26.3 Å². The zero-order chi connectivity index (χ0) is 14.3. The zero-order valence-electron chi connectivity index (χ0n) is 8.29. The first-order valence-corrected chi connectivity index (χ1v) is 5.02. The smallest absolute Gasteiger partial charge is 0.366 e. The molecule has 0 saturated heterocycles. The van der Waals surface area contributed by atoms with E-state index >= 15 is 0 Å². The molecule has 0 aliphatic heterocycles. The molecule has 0 aliphatic rings. The lowest BCUT2D eigenvalue weighted by Gasteiger charge is -2.19. The molecule has 0 aromatic heterocycles. The van der Waals surface area contributed by atoms with Crippen molar-refractivity contribution < 1.29 is 31.1 Å². The summed E-state index contributed by atoms with van der Waals surface area (Å²) in [4.78, 5) is 10.8. The van der Waals surface area contributed by atoms with E-state index in [1.165, 1.54) is 0 Å². The molecule has 0 fully saturated rings. The van der Waals surface area contributed by atoms with E-state index in [0.717, 1.165) is 0 Å². The number of benzene rings is 1. The minimum absolute atomic E-state index is 0.588. The van der Waals surface area contributed by atoms with Crippen LogP contribution in [-0.2, 0) is 12.4 Å². The molecule has 0 atom stereocenters. The molecule has 0 spiro atoms. The van der Waals surface area contributed by atoms with Crippen LogP contribution in [0.1, 0.15) is 21.5 Å². The van der Waals surface area contributed by atoms with Gasteiger partial charge in [0.15, 0.2) is 0 Å². The fourth-order valence-electron chi connectivity index (χ4n) is 1.35. The highest BCUT2D eigenvalue weighted by Gasteiger charge is 2.47. The molecule has 0 radical (unpaired) electrons. The third kappa shape index (κ3) is 2.77.